The zero-order valence-electron chi connectivity index (χ0n) is 16.8. The summed E-state index contributed by atoms with van der Waals surface area (Å²) in [7, 11) is 0. The average molecular weight is 390 g/mol. The molecule has 150 valence electrons. The maximum atomic E-state index is 12.1. The van der Waals surface area contributed by atoms with Crippen molar-refractivity contribution < 1.29 is 9.90 Å². The van der Waals surface area contributed by atoms with Crippen LogP contribution in [0.25, 0.3) is 22.3 Å². The first-order valence-electron chi connectivity index (χ1n) is 10.0. The average Bonchev–Trinajstić information content (AvgIpc) is 2.73. The number of hydrogen-bond acceptors (Lipinski definition) is 5. The largest absolute Gasteiger partial charge is 0.381 e. The first-order chi connectivity index (χ1) is 13.9. The van der Waals surface area contributed by atoms with Crippen molar-refractivity contribution in [2.75, 3.05) is 18.0 Å². The molecule has 2 heterocycles. The molecular weight excluding hydrogens is 364 g/mol. The van der Waals surface area contributed by atoms with E-state index in [9.17, 15) is 9.90 Å². The minimum Gasteiger partial charge on any atom is -0.381 e. The van der Waals surface area contributed by atoms with Crippen molar-refractivity contribution in [3.8, 4) is 11.4 Å². The number of aromatic nitrogens is 2. The zero-order chi connectivity index (χ0) is 20.4. The standard InChI is InChI=1S/C23H26N4O2/c1-23(2,29)22(28)24-17-12-14-27(15-13-17)21-18-10-6-7-11-19(18)25-20(26-21)16-8-4-3-5-9-16/h3-11,17,29H,12-15H2,1-2H3,(H,24,28). The summed E-state index contributed by atoms with van der Waals surface area (Å²) in [6, 6.07) is 18.1. The van der Waals surface area contributed by atoms with Crippen molar-refractivity contribution in [2.24, 2.45) is 0 Å². The van der Waals surface area contributed by atoms with Crippen molar-refractivity contribution in [3.05, 3.63) is 54.6 Å². The van der Waals surface area contributed by atoms with E-state index < -0.39 is 5.60 Å². The Morgan fingerprint density at radius 3 is 2.38 bits per heavy atom. The summed E-state index contributed by atoms with van der Waals surface area (Å²) in [6.45, 7) is 4.59. The molecule has 1 saturated heterocycles. The maximum Gasteiger partial charge on any atom is 0.251 e. The molecular formula is C23H26N4O2. The third-order valence-corrected chi connectivity index (χ3v) is 5.30. The first-order valence-corrected chi connectivity index (χ1v) is 10.0. The summed E-state index contributed by atoms with van der Waals surface area (Å²) in [4.78, 5) is 24.0. The second-order valence-electron chi connectivity index (χ2n) is 8.05. The molecule has 2 aromatic carbocycles. The van der Waals surface area contributed by atoms with Gasteiger partial charge in [-0.3, -0.25) is 4.79 Å². The van der Waals surface area contributed by atoms with Gasteiger partial charge in [-0.1, -0.05) is 42.5 Å². The van der Waals surface area contributed by atoms with Crippen molar-refractivity contribution in [2.45, 2.75) is 38.3 Å². The van der Waals surface area contributed by atoms with Crippen LogP contribution in [0, 0.1) is 0 Å². The van der Waals surface area contributed by atoms with Crippen molar-refractivity contribution in [3.63, 3.8) is 0 Å². The lowest BCUT2D eigenvalue weighted by Gasteiger charge is -2.34. The number of carbonyl (C=O) groups excluding carboxylic acids is 1. The number of piperidine rings is 1. The van der Waals surface area contributed by atoms with Gasteiger partial charge in [0.15, 0.2) is 5.82 Å². The fraction of sp³-hybridized carbons (Fsp3) is 0.348. The number of para-hydroxylation sites is 1. The Bertz CT molecular complexity index is 1010. The van der Waals surface area contributed by atoms with Gasteiger partial charge in [-0.2, -0.15) is 0 Å². The molecule has 0 unspecified atom stereocenters. The number of carbonyl (C=O) groups is 1. The Kier molecular flexibility index (Phi) is 5.20. The molecule has 0 radical (unpaired) electrons. The van der Waals surface area contributed by atoms with Gasteiger partial charge in [-0.05, 0) is 38.8 Å². The van der Waals surface area contributed by atoms with Crippen LogP contribution in [0.15, 0.2) is 54.6 Å². The predicted octanol–water partition coefficient (Wildman–Crippen LogP) is 3.15. The number of amides is 1. The van der Waals surface area contributed by atoms with Crippen LogP contribution in [0.1, 0.15) is 26.7 Å². The van der Waals surface area contributed by atoms with Gasteiger partial charge in [0.1, 0.15) is 11.4 Å². The van der Waals surface area contributed by atoms with Crippen LogP contribution < -0.4 is 10.2 Å². The minimum absolute atomic E-state index is 0.0619. The fourth-order valence-corrected chi connectivity index (χ4v) is 3.61. The van der Waals surface area contributed by atoms with Gasteiger partial charge < -0.3 is 15.3 Å². The van der Waals surface area contributed by atoms with E-state index in [1.165, 1.54) is 13.8 Å². The van der Waals surface area contributed by atoms with Gasteiger partial charge in [0.05, 0.1) is 5.52 Å². The summed E-state index contributed by atoms with van der Waals surface area (Å²) in [5, 5.41) is 13.9. The van der Waals surface area contributed by atoms with E-state index in [4.69, 9.17) is 9.97 Å². The van der Waals surface area contributed by atoms with Crippen molar-refractivity contribution in [1.29, 1.82) is 0 Å². The van der Waals surface area contributed by atoms with Gasteiger partial charge in [-0.25, -0.2) is 9.97 Å². The Morgan fingerprint density at radius 1 is 1.03 bits per heavy atom. The third-order valence-electron chi connectivity index (χ3n) is 5.30. The van der Waals surface area contributed by atoms with Gasteiger partial charge in [0.25, 0.3) is 5.91 Å². The van der Waals surface area contributed by atoms with E-state index in [0.29, 0.717) is 0 Å². The lowest BCUT2D eigenvalue weighted by atomic mass is 10.0. The van der Waals surface area contributed by atoms with Gasteiger partial charge >= 0.3 is 0 Å². The van der Waals surface area contributed by atoms with Gasteiger partial charge in [0, 0.05) is 30.1 Å². The zero-order valence-corrected chi connectivity index (χ0v) is 16.8. The highest BCUT2D eigenvalue weighted by Crippen LogP contribution is 2.29. The van der Waals surface area contributed by atoms with Crippen LogP contribution in [0.2, 0.25) is 0 Å². The van der Waals surface area contributed by atoms with Gasteiger partial charge in [0.2, 0.25) is 0 Å². The lowest BCUT2D eigenvalue weighted by molar-refractivity contribution is -0.137. The highest BCUT2D eigenvalue weighted by molar-refractivity contribution is 5.91. The molecule has 0 saturated carbocycles. The number of nitrogens with zero attached hydrogens (tertiary/aromatic N) is 3. The molecule has 0 aliphatic carbocycles. The molecule has 6 heteroatoms. The second-order valence-corrected chi connectivity index (χ2v) is 8.05. The number of nitrogens with one attached hydrogen (secondary N) is 1. The van der Waals surface area contributed by atoms with Crippen molar-refractivity contribution in [1.82, 2.24) is 15.3 Å². The van der Waals surface area contributed by atoms with Crippen LogP contribution in [-0.2, 0) is 4.79 Å². The predicted molar refractivity (Wildman–Crippen MR) is 115 cm³/mol. The summed E-state index contributed by atoms with van der Waals surface area (Å²) in [6.07, 6.45) is 1.61. The van der Waals surface area contributed by atoms with Crippen LogP contribution >= 0.6 is 0 Å². The summed E-state index contributed by atoms with van der Waals surface area (Å²) in [5.74, 6) is 1.33. The second kappa shape index (κ2) is 7.79. The molecule has 1 fully saturated rings. The monoisotopic (exact) mass is 390 g/mol. The van der Waals surface area contributed by atoms with E-state index in [1.807, 2.05) is 48.5 Å². The molecule has 3 aromatic rings. The molecule has 6 nitrogen and oxygen atoms in total. The van der Waals surface area contributed by atoms with E-state index in [-0.39, 0.29) is 11.9 Å². The SMILES string of the molecule is CC(C)(O)C(=O)NC1CCN(c2nc(-c3ccccc3)nc3ccccc23)CC1. The molecule has 29 heavy (non-hydrogen) atoms. The van der Waals surface area contributed by atoms with Crippen LogP contribution in [0.5, 0.6) is 0 Å². The van der Waals surface area contributed by atoms with E-state index >= 15 is 0 Å². The number of hydrogen-bond donors (Lipinski definition) is 2. The summed E-state index contributed by atoms with van der Waals surface area (Å²) < 4.78 is 0. The van der Waals surface area contributed by atoms with E-state index in [2.05, 4.69) is 16.3 Å². The number of aliphatic hydroxyl groups is 1. The Hall–Kier alpha value is -2.99. The summed E-state index contributed by atoms with van der Waals surface area (Å²) >= 11 is 0. The summed E-state index contributed by atoms with van der Waals surface area (Å²) in [5.41, 5.74) is 0.561. The number of benzene rings is 2. The highest BCUT2D eigenvalue weighted by Gasteiger charge is 2.29. The Labute approximate surface area is 170 Å². The number of anilines is 1. The molecule has 1 amide bonds. The molecule has 0 atom stereocenters. The van der Waals surface area contributed by atoms with E-state index in [0.717, 1.165) is 54.0 Å². The number of fused-ring (bicyclic) bond motifs is 1. The van der Waals surface area contributed by atoms with E-state index in [1.54, 1.807) is 0 Å². The molecule has 4 rings (SSSR count). The fourth-order valence-electron chi connectivity index (χ4n) is 3.61. The first kappa shape index (κ1) is 19.3. The lowest BCUT2D eigenvalue weighted by Crippen LogP contribution is -2.50. The third kappa shape index (κ3) is 4.22. The molecule has 1 aromatic heterocycles. The van der Waals surface area contributed by atoms with Crippen LogP contribution in [0.4, 0.5) is 5.82 Å². The van der Waals surface area contributed by atoms with Crippen molar-refractivity contribution >= 4 is 22.6 Å². The van der Waals surface area contributed by atoms with Crippen LogP contribution in [0.3, 0.4) is 0 Å². The molecule has 0 spiro atoms. The highest BCUT2D eigenvalue weighted by atomic mass is 16.3. The molecule has 2 N–H and O–H groups in total. The van der Waals surface area contributed by atoms with Crippen LogP contribution in [-0.4, -0.2) is 45.7 Å². The Morgan fingerprint density at radius 2 is 1.69 bits per heavy atom. The normalized spacial score (nSPS) is 15.5. The topological polar surface area (TPSA) is 78.4 Å². The minimum atomic E-state index is -1.36. The quantitative estimate of drug-likeness (QED) is 0.716. The molecule has 1 aliphatic rings. The molecule has 1 aliphatic heterocycles. The molecule has 0 bridgehead atoms. The Balaban J connectivity index is 1.59. The maximum absolute atomic E-state index is 12.1. The van der Waals surface area contributed by atoms with Gasteiger partial charge in [-0.15, -0.1) is 0 Å². The number of rotatable bonds is 4. The smallest absolute Gasteiger partial charge is 0.251 e.